The Kier molecular flexibility index (Phi) is 3.93. The maximum absolute atomic E-state index is 5.79. The highest BCUT2D eigenvalue weighted by Gasteiger charge is 2.09. The summed E-state index contributed by atoms with van der Waals surface area (Å²) < 4.78 is 6.02. The quantitative estimate of drug-likeness (QED) is 0.947. The highest BCUT2D eigenvalue weighted by Crippen LogP contribution is 2.27. The van der Waals surface area contributed by atoms with Crippen molar-refractivity contribution in [2.24, 2.45) is 0 Å². The van der Waals surface area contributed by atoms with Crippen LogP contribution in [0.1, 0.15) is 11.3 Å². The normalized spacial score (nSPS) is 10.6. The third kappa shape index (κ3) is 2.86. The van der Waals surface area contributed by atoms with Crippen molar-refractivity contribution in [3.63, 3.8) is 0 Å². The van der Waals surface area contributed by atoms with Crippen LogP contribution in [0.3, 0.4) is 0 Å². The van der Waals surface area contributed by atoms with Crippen molar-refractivity contribution in [1.29, 1.82) is 0 Å². The van der Waals surface area contributed by atoms with E-state index < -0.39 is 0 Å². The molecule has 0 radical (unpaired) electrons. The molecular formula is C13H14BrN3O. The number of nitrogen functional groups attached to an aromatic ring is 1. The average Bonchev–Trinajstić information content (AvgIpc) is 2.28. The number of aryl methyl sites for hydroxylation is 1. The van der Waals surface area contributed by atoms with Crippen LogP contribution in [0.5, 0.6) is 0 Å². The number of ether oxygens (including phenoxy) is 1. The SMILES string of the molecule is COCc1cc(N)nc(-c2ccc(C)cc2Br)n1. The number of halogens is 1. The molecule has 0 spiro atoms. The summed E-state index contributed by atoms with van der Waals surface area (Å²) >= 11 is 3.52. The van der Waals surface area contributed by atoms with Gasteiger partial charge in [-0.25, -0.2) is 9.97 Å². The maximum atomic E-state index is 5.79. The van der Waals surface area contributed by atoms with E-state index in [4.69, 9.17) is 10.5 Å². The minimum absolute atomic E-state index is 0.420. The second kappa shape index (κ2) is 5.46. The highest BCUT2D eigenvalue weighted by molar-refractivity contribution is 9.10. The van der Waals surface area contributed by atoms with Crippen molar-refractivity contribution in [2.75, 3.05) is 12.8 Å². The summed E-state index contributed by atoms with van der Waals surface area (Å²) in [5, 5.41) is 0. The van der Waals surface area contributed by atoms with Crippen LogP contribution in [0.2, 0.25) is 0 Å². The van der Waals surface area contributed by atoms with Crippen molar-refractivity contribution in [3.05, 3.63) is 40.0 Å². The van der Waals surface area contributed by atoms with Gasteiger partial charge in [0.15, 0.2) is 5.82 Å². The Hall–Kier alpha value is -1.46. The molecule has 2 N–H and O–H groups in total. The summed E-state index contributed by atoms with van der Waals surface area (Å²) in [4.78, 5) is 8.70. The van der Waals surface area contributed by atoms with Crippen molar-refractivity contribution in [2.45, 2.75) is 13.5 Å². The summed E-state index contributed by atoms with van der Waals surface area (Å²) in [6, 6.07) is 7.74. The molecule has 94 valence electrons. The third-order valence-electron chi connectivity index (χ3n) is 2.46. The molecule has 0 saturated carbocycles. The van der Waals surface area contributed by atoms with E-state index in [9.17, 15) is 0 Å². The van der Waals surface area contributed by atoms with Crippen LogP contribution in [-0.4, -0.2) is 17.1 Å². The van der Waals surface area contributed by atoms with Gasteiger partial charge in [-0.2, -0.15) is 0 Å². The number of nitrogens with two attached hydrogens (primary N) is 1. The lowest BCUT2D eigenvalue weighted by Crippen LogP contribution is -2.01. The van der Waals surface area contributed by atoms with E-state index in [2.05, 4.69) is 25.9 Å². The zero-order valence-corrected chi connectivity index (χ0v) is 11.9. The molecule has 0 bridgehead atoms. The van der Waals surface area contributed by atoms with E-state index in [1.165, 1.54) is 5.56 Å². The zero-order chi connectivity index (χ0) is 13.1. The number of nitrogens with zero attached hydrogens (tertiary/aromatic N) is 2. The molecule has 1 aromatic heterocycles. The maximum Gasteiger partial charge on any atom is 0.162 e. The molecule has 2 aromatic rings. The standard InChI is InChI=1S/C13H14BrN3O/c1-8-3-4-10(11(14)5-8)13-16-9(7-18-2)6-12(15)17-13/h3-6H,7H2,1-2H3,(H2,15,16,17). The third-order valence-corrected chi connectivity index (χ3v) is 3.11. The Bertz CT molecular complexity index is 572. The van der Waals surface area contributed by atoms with Crippen LogP contribution in [0.15, 0.2) is 28.7 Å². The molecule has 18 heavy (non-hydrogen) atoms. The number of hydrogen-bond donors (Lipinski definition) is 1. The largest absolute Gasteiger partial charge is 0.384 e. The van der Waals surface area contributed by atoms with E-state index >= 15 is 0 Å². The van der Waals surface area contributed by atoms with E-state index in [1.54, 1.807) is 13.2 Å². The first-order valence-corrected chi connectivity index (χ1v) is 6.28. The predicted octanol–water partition coefficient (Wildman–Crippen LogP) is 2.94. The van der Waals surface area contributed by atoms with E-state index in [1.807, 2.05) is 25.1 Å². The Labute approximate surface area is 114 Å². The first-order chi connectivity index (χ1) is 8.60. The first-order valence-electron chi connectivity index (χ1n) is 5.49. The molecule has 0 amide bonds. The van der Waals surface area contributed by atoms with Gasteiger partial charge in [0, 0.05) is 23.2 Å². The van der Waals surface area contributed by atoms with Gasteiger partial charge < -0.3 is 10.5 Å². The fraction of sp³-hybridized carbons (Fsp3) is 0.231. The molecule has 0 fully saturated rings. The monoisotopic (exact) mass is 307 g/mol. The smallest absolute Gasteiger partial charge is 0.162 e. The molecule has 0 aliphatic rings. The average molecular weight is 308 g/mol. The minimum atomic E-state index is 0.420. The van der Waals surface area contributed by atoms with Crippen LogP contribution in [0.4, 0.5) is 5.82 Å². The molecule has 2 rings (SSSR count). The second-order valence-electron chi connectivity index (χ2n) is 4.02. The zero-order valence-electron chi connectivity index (χ0n) is 10.3. The molecule has 5 heteroatoms. The van der Waals surface area contributed by atoms with Gasteiger partial charge >= 0.3 is 0 Å². The van der Waals surface area contributed by atoms with E-state index in [-0.39, 0.29) is 0 Å². The van der Waals surface area contributed by atoms with Gasteiger partial charge in [0.25, 0.3) is 0 Å². The molecule has 1 aromatic carbocycles. The van der Waals surface area contributed by atoms with Crippen LogP contribution in [0, 0.1) is 6.92 Å². The fourth-order valence-corrected chi connectivity index (χ4v) is 2.33. The summed E-state index contributed by atoms with van der Waals surface area (Å²) in [5.74, 6) is 1.05. The summed E-state index contributed by atoms with van der Waals surface area (Å²) in [7, 11) is 1.62. The number of rotatable bonds is 3. The Morgan fingerprint density at radius 3 is 2.72 bits per heavy atom. The van der Waals surface area contributed by atoms with Crippen LogP contribution in [0.25, 0.3) is 11.4 Å². The van der Waals surface area contributed by atoms with E-state index in [0.29, 0.717) is 18.2 Å². The van der Waals surface area contributed by atoms with Crippen molar-refractivity contribution in [1.82, 2.24) is 9.97 Å². The summed E-state index contributed by atoms with van der Waals surface area (Å²) in [6.45, 7) is 2.45. The van der Waals surface area contributed by atoms with Crippen LogP contribution >= 0.6 is 15.9 Å². The number of anilines is 1. The molecule has 4 nitrogen and oxygen atoms in total. The number of benzene rings is 1. The molecular weight excluding hydrogens is 294 g/mol. The van der Waals surface area contributed by atoms with Crippen molar-refractivity contribution < 1.29 is 4.74 Å². The first kappa shape index (κ1) is 13.0. The fourth-order valence-electron chi connectivity index (χ4n) is 1.66. The lowest BCUT2D eigenvalue weighted by atomic mass is 10.1. The minimum Gasteiger partial charge on any atom is -0.384 e. The summed E-state index contributed by atoms with van der Waals surface area (Å²) in [5.41, 5.74) is 8.65. The predicted molar refractivity (Wildman–Crippen MR) is 75.0 cm³/mol. The lowest BCUT2D eigenvalue weighted by molar-refractivity contribution is 0.181. The highest BCUT2D eigenvalue weighted by atomic mass is 79.9. The van der Waals surface area contributed by atoms with Crippen molar-refractivity contribution >= 4 is 21.7 Å². The Balaban J connectivity index is 2.49. The van der Waals surface area contributed by atoms with Gasteiger partial charge in [-0.05, 0) is 24.6 Å². The van der Waals surface area contributed by atoms with Gasteiger partial charge in [0.05, 0.1) is 12.3 Å². The number of hydrogen-bond acceptors (Lipinski definition) is 4. The molecule has 0 saturated heterocycles. The van der Waals surface area contributed by atoms with Gasteiger partial charge in [0.1, 0.15) is 5.82 Å². The Morgan fingerprint density at radius 2 is 2.06 bits per heavy atom. The van der Waals surface area contributed by atoms with Crippen LogP contribution < -0.4 is 5.73 Å². The summed E-state index contributed by atoms with van der Waals surface area (Å²) in [6.07, 6.45) is 0. The molecule has 0 unspecified atom stereocenters. The van der Waals surface area contributed by atoms with Gasteiger partial charge in [-0.1, -0.05) is 22.0 Å². The molecule has 1 heterocycles. The van der Waals surface area contributed by atoms with Gasteiger partial charge in [-0.15, -0.1) is 0 Å². The lowest BCUT2D eigenvalue weighted by Gasteiger charge is -2.07. The van der Waals surface area contributed by atoms with Crippen molar-refractivity contribution in [3.8, 4) is 11.4 Å². The topological polar surface area (TPSA) is 61.0 Å². The van der Waals surface area contributed by atoms with Gasteiger partial charge in [-0.3, -0.25) is 0 Å². The number of methoxy groups -OCH3 is 1. The van der Waals surface area contributed by atoms with E-state index in [0.717, 1.165) is 15.7 Å². The van der Waals surface area contributed by atoms with Gasteiger partial charge in [0.2, 0.25) is 0 Å². The molecule has 0 aliphatic heterocycles. The molecule has 0 atom stereocenters. The van der Waals surface area contributed by atoms with Crippen LogP contribution in [-0.2, 0) is 11.3 Å². The Morgan fingerprint density at radius 1 is 1.28 bits per heavy atom. The molecule has 0 aliphatic carbocycles. The number of aromatic nitrogens is 2. The second-order valence-corrected chi connectivity index (χ2v) is 4.88.